The van der Waals surface area contributed by atoms with Gasteiger partial charge < -0.3 is 14.5 Å². The number of alkyl halides is 2. The van der Waals surface area contributed by atoms with Crippen LogP contribution in [0.5, 0.6) is 5.75 Å². The zero-order valence-corrected chi connectivity index (χ0v) is 14.0. The van der Waals surface area contributed by atoms with Gasteiger partial charge in [0.15, 0.2) is 0 Å². The number of nitrogens with zero attached hydrogens (tertiary/aromatic N) is 4. The maximum atomic E-state index is 12.1. The number of rotatable bonds is 8. The lowest BCUT2D eigenvalue weighted by Crippen LogP contribution is -2.15. The van der Waals surface area contributed by atoms with E-state index in [9.17, 15) is 13.6 Å². The fraction of sp³-hybridized carbons (Fsp3) is 0.200. The van der Waals surface area contributed by atoms with Crippen molar-refractivity contribution in [1.82, 2.24) is 20.2 Å². The van der Waals surface area contributed by atoms with E-state index in [1.165, 1.54) is 28.9 Å². The molecule has 0 radical (unpaired) electrons. The van der Waals surface area contributed by atoms with Crippen molar-refractivity contribution in [3.63, 3.8) is 0 Å². The van der Waals surface area contributed by atoms with Crippen LogP contribution in [0.3, 0.4) is 0 Å². The van der Waals surface area contributed by atoms with Crippen molar-refractivity contribution < 1.29 is 22.7 Å². The third-order valence-corrected chi connectivity index (χ3v) is 4.04. The molecule has 0 aliphatic carbocycles. The van der Waals surface area contributed by atoms with E-state index in [-0.39, 0.29) is 17.4 Å². The molecular formula is C15H13F2N5O3S. The summed E-state index contributed by atoms with van der Waals surface area (Å²) in [4.78, 5) is 12.0. The predicted octanol–water partition coefficient (Wildman–Crippen LogP) is 2.65. The van der Waals surface area contributed by atoms with Gasteiger partial charge in [0.1, 0.15) is 18.1 Å². The number of ether oxygens (including phenoxy) is 1. The summed E-state index contributed by atoms with van der Waals surface area (Å²) in [5.41, 5.74) is 0.465. The number of benzene rings is 1. The van der Waals surface area contributed by atoms with Gasteiger partial charge in [-0.05, 0) is 46.8 Å². The number of amides is 1. The van der Waals surface area contributed by atoms with E-state index < -0.39 is 6.61 Å². The first-order chi connectivity index (χ1) is 12.6. The van der Waals surface area contributed by atoms with Crippen LogP contribution >= 0.6 is 11.8 Å². The summed E-state index contributed by atoms with van der Waals surface area (Å²) in [5.74, 6) is 0.498. The molecule has 0 fully saturated rings. The highest BCUT2D eigenvalue weighted by Crippen LogP contribution is 2.19. The van der Waals surface area contributed by atoms with Crippen molar-refractivity contribution in [2.24, 2.45) is 0 Å². The Morgan fingerprint density at radius 1 is 1.31 bits per heavy atom. The van der Waals surface area contributed by atoms with Crippen LogP contribution in [-0.2, 0) is 11.3 Å². The molecule has 0 saturated carbocycles. The van der Waals surface area contributed by atoms with Gasteiger partial charge in [-0.25, -0.2) is 4.68 Å². The fourth-order valence-corrected chi connectivity index (χ4v) is 2.67. The van der Waals surface area contributed by atoms with Crippen LogP contribution in [0.15, 0.2) is 52.2 Å². The molecule has 8 nitrogen and oxygen atoms in total. The maximum absolute atomic E-state index is 12.1. The molecule has 11 heteroatoms. The van der Waals surface area contributed by atoms with Crippen LogP contribution in [0, 0.1) is 0 Å². The number of halogens is 2. The molecule has 0 unspecified atom stereocenters. The minimum absolute atomic E-state index is 0.0180. The standard InChI is InChI=1S/C15H13F2N5O3S/c16-14(17)25-11-5-3-10(4-6-11)18-13(23)9-26-15-19-20-21-22(15)8-12-2-1-7-24-12/h1-7,14H,8-9H2,(H,18,23). The molecule has 136 valence electrons. The number of anilines is 1. The molecule has 0 atom stereocenters. The second-order valence-electron chi connectivity index (χ2n) is 4.94. The Bertz CT molecular complexity index is 839. The van der Waals surface area contributed by atoms with Gasteiger partial charge in [0.2, 0.25) is 11.1 Å². The molecule has 2 heterocycles. The first kappa shape index (κ1) is 17.9. The molecule has 0 aliphatic rings. The van der Waals surface area contributed by atoms with Gasteiger partial charge >= 0.3 is 6.61 Å². The number of aromatic nitrogens is 4. The van der Waals surface area contributed by atoms with Crippen molar-refractivity contribution in [3.05, 3.63) is 48.4 Å². The minimum Gasteiger partial charge on any atom is -0.467 e. The van der Waals surface area contributed by atoms with Crippen molar-refractivity contribution in [3.8, 4) is 5.75 Å². The van der Waals surface area contributed by atoms with Crippen molar-refractivity contribution in [1.29, 1.82) is 0 Å². The SMILES string of the molecule is O=C(CSc1nnnn1Cc1ccco1)Nc1ccc(OC(F)F)cc1. The van der Waals surface area contributed by atoms with Crippen LogP contribution in [0.4, 0.5) is 14.5 Å². The van der Waals surface area contributed by atoms with Crippen LogP contribution in [0.2, 0.25) is 0 Å². The quantitative estimate of drug-likeness (QED) is 0.599. The van der Waals surface area contributed by atoms with E-state index in [1.54, 1.807) is 18.4 Å². The average molecular weight is 381 g/mol. The Hall–Kier alpha value is -2.95. The number of tetrazole rings is 1. The molecule has 3 rings (SSSR count). The van der Waals surface area contributed by atoms with E-state index in [2.05, 4.69) is 25.6 Å². The summed E-state index contributed by atoms with van der Waals surface area (Å²) in [6.07, 6.45) is 1.55. The lowest BCUT2D eigenvalue weighted by Gasteiger charge is -2.07. The zero-order chi connectivity index (χ0) is 18.4. The van der Waals surface area contributed by atoms with E-state index in [0.717, 1.165) is 11.8 Å². The number of carbonyl (C=O) groups excluding carboxylic acids is 1. The molecule has 0 saturated heterocycles. The molecule has 0 bridgehead atoms. The third kappa shape index (κ3) is 5.02. The highest BCUT2D eigenvalue weighted by molar-refractivity contribution is 7.99. The van der Waals surface area contributed by atoms with E-state index >= 15 is 0 Å². The first-order valence-corrected chi connectivity index (χ1v) is 8.35. The number of carbonyl (C=O) groups is 1. The topological polar surface area (TPSA) is 95.1 Å². The molecule has 3 aromatic rings. The summed E-state index contributed by atoms with van der Waals surface area (Å²) < 4.78 is 35.2. The van der Waals surface area contributed by atoms with Gasteiger partial charge in [0.05, 0.1) is 12.0 Å². The van der Waals surface area contributed by atoms with E-state index in [1.807, 2.05) is 0 Å². The van der Waals surface area contributed by atoms with E-state index in [4.69, 9.17) is 4.42 Å². The van der Waals surface area contributed by atoms with Crippen LogP contribution in [0.1, 0.15) is 5.76 Å². The summed E-state index contributed by atoms with van der Waals surface area (Å²) in [6.45, 7) is -2.53. The number of hydrogen-bond donors (Lipinski definition) is 1. The van der Waals surface area contributed by atoms with Crippen LogP contribution in [0.25, 0.3) is 0 Å². The molecule has 0 spiro atoms. The molecule has 1 amide bonds. The number of nitrogens with one attached hydrogen (secondary N) is 1. The van der Waals surface area contributed by atoms with Crippen molar-refractivity contribution >= 4 is 23.4 Å². The Labute approximate surface area is 150 Å². The Morgan fingerprint density at radius 2 is 2.12 bits per heavy atom. The number of thioether (sulfide) groups is 1. The average Bonchev–Trinajstić information content (AvgIpc) is 3.27. The smallest absolute Gasteiger partial charge is 0.387 e. The molecule has 2 aromatic heterocycles. The van der Waals surface area contributed by atoms with Gasteiger partial charge in [-0.3, -0.25) is 4.79 Å². The Balaban J connectivity index is 1.51. The maximum Gasteiger partial charge on any atom is 0.387 e. The van der Waals surface area contributed by atoms with Crippen LogP contribution in [-0.4, -0.2) is 38.5 Å². The summed E-state index contributed by atoms with van der Waals surface area (Å²) in [7, 11) is 0. The molecule has 26 heavy (non-hydrogen) atoms. The van der Waals surface area contributed by atoms with Gasteiger partial charge in [0, 0.05) is 5.69 Å². The molecular weight excluding hydrogens is 368 g/mol. The summed E-state index contributed by atoms with van der Waals surface area (Å²) in [5, 5.41) is 14.4. The summed E-state index contributed by atoms with van der Waals surface area (Å²) in [6, 6.07) is 9.20. The lowest BCUT2D eigenvalue weighted by molar-refractivity contribution is -0.113. The van der Waals surface area contributed by atoms with E-state index in [0.29, 0.717) is 23.1 Å². The van der Waals surface area contributed by atoms with Gasteiger partial charge in [-0.2, -0.15) is 8.78 Å². The van der Waals surface area contributed by atoms with Gasteiger partial charge in [-0.1, -0.05) is 11.8 Å². The number of furan rings is 1. The monoisotopic (exact) mass is 381 g/mol. The second kappa shape index (κ2) is 8.43. The summed E-state index contributed by atoms with van der Waals surface area (Å²) >= 11 is 1.16. The fourth-order valence-electron chi connectivity index (χ4n) is 2.00. The minimum atomic E-state index is -2.89. The van der Waals surface area contributed by atoms with Crippen molar-refractivity contribution in [2.45, 2.75) is 18.3 Å². The Kier molecular flexibility index (Phi) is 5.79. The Morgan fingerprint density at radius 3 is 2.81 bits per heavy atom. The van der Waals surface area contributed by atoms with Gasteiger partial charge in [0.25, 0.3) is 0 Å². The van der Waals surface area contributed by atoms with Crippen molar-refractivity contribution in [2.75, 3.05) is 11.1 Å². The zero-order valence-electron chi connectivity index (χ0n) is 13.2. The number of hydrogen-bond acceptors (Lipinski definition) is 7. The predicted molar refractivity (Wildman–Crippen MR) is 88.1 cm³/mol. The first-order valence-electron chi connectivity index (χ1n) is 7.36. The van der Waals surface area contributed by atoms with Gasteiger partial charge in [-0.15, -0.1) is 5.10 Å². The van der Waals surface area contributed by atoms with Crippen LogP contribution < -0.4 is 10.1 Å². The lowest BCUT2D eigenvalue weighted by atomic mass is 10.3. The largest absolute Gasteiger partial charge is 0.467 e. The molecule has 1 N–H and O–H groups in total. The normalized spacial score (nSPS) is 10.9. The highest BCUT2D eigenvalue weighted by atomic mass is 32.2. The highest BCUT2D eigenvalue weighted by Gasteiger charge is 2.12. The molecule has 0 aliphatic heterocycles. The molecule has 1 aromatic carbocycles. The second-order valence-corrected chi connectivity index (χ2v) is 5.88. The third-order valence-electron chi connectivity index (χ3n) is 3.08.